The third-order valence-corrected chi connectivity index (χ3v) is 5.98. The molecular weight excluding hydrogens is 550 g/mol. The highest BCUT2D eigenvalue weighted by Gasteiger charge is 2.27. The van der Waals surface area contributed by atoms with Gasteiger partial charge in [-0.3, -0.25) is 4.40 Å². The van der Waals surface area contributed by atoms with Crippen molar-refractivity contribution in [2.75, 3.05) is 5.73 Å². The fourth-order valence-electron chi connectivity index (χ4n) is 4.06. The van der Waals surface area contributed by atoms with E-state index in [0.717, 1.165) is 6.07 Å². The van der Waals surface area contributed by atoms with Crippen molar-refractivity contribution in [1.29, 1.82) is 0 Å². The van der Waals surface area contributed by atoms with Crippen LogP contribution < -0.4 is 11.1 Å². The Labute approximate surface area is 242 Å². The summed E-state index contributed by atoms with van der Waals surface area (Å²) in [6, 6.07) is 10.0. The van der Waals surface area contributed by atoms with E-state index in [1.165, 1.54) is 16.5 Å². The van der Waals surface area contributed by atoms with Gasteiger partial charge in [0.15, 0.2) is 11.8 Å². The second-order valence-electron chi connectivity index (χ2n) is 11.7. The van der Waals surface area contributed by atoms with E-state index in [1.54, 1.807) is 45.0 Å². The van der Waals surface area contributed by atoms with E-state index in [9.17, 15) is 13.6 Å². The van der Waals surface area contributed by atoms with Crippen LogP contribution in [0, 0.1) is 28.9 Å². The van der Waals surface area contributed by atoms with E-state index >= 15 is 0 Å². The third kappa shape index (κ3) is 7.50. The van der Waals surface area contributed by atoms with Gasteiger partial charge in [0.1, 0.15) is 22.5 Å². The van der Waals surface area contributed by atoms with Gasteiger partial charge >= 0.3 is 6.09 Å². The summed E-state index contributed by atoms with van der Waals surface area (Å²) in [4.78, 5) is 17.8. The number of nitrogen functional groups attached to an aromatic ring is 1. The molecule has 1 aromatic carbocycles. The molecule has 11 heteroatoms. The Hall–Kier alpha value is -4.23. The normalized spacial score (nSPS) is 12.5. The number of rotatable bonds is 5. The molecular formula is C30H31ClF2N6O2. The molecule has 3 aromatic heterocycles. The molecule has 0 aliphatic rings. The van der Waals surface area contributed by atoms with Crippen molar-refractivity contribution in [2.24, 2.45) is 5.41 Å². The SMILES string of the molecule is CC(C)(C)C#Cc1ccc(-c2ccc(Cl)n3c(N)nnc23)c([C@H](Cc2cc(F)cc(F)c2)OC(=O)NC(C)(C)C)n1. The Morgan fingerprint density at radius 3 is 2.34 bits per heavy atom. The molecule has 0 saturated carbocycles. The van der Waals surface area contributed by atoms with Crippen LogP contribution in [-0.4, -0.2) is 31.2 Å². The molecule has 1 atom stereocenters. The Morgan fingerprint density at radius 2 is 1.71 bits per heavy atom. The number of nitrogens with zero attached hydrogens (tertiary/aromatic N) is 4. The molecule has 41 heavy (non-hydrogen) atoms. The minimum Gasteiger partial charge on any atom is -0.439 e. The maximum atomic E-state index is 14.2. The molecule has 1 amide bonds. The lowest BCUT2D eigenvalue weighted by atomic mass is 9.96. The number of anilines is 1. The Kier molecular flexibility index (Phi) is 8.22. The largest absolute Gasteiger partial charge is 0.439 e. The Balaban J connectivity index is 1.94. The van der Waals surface area contributed by atoms with Gasteiger partial charge in [-0.05, 0) is 89.4 Å². The number of pyridine rings is 2. The number of ether oxygens (including phenoxy) is 1. The molecule has 0 unspecified atom stereocenters. The zero-order valence-corrected chi connectivity index (χ0v) is 24.4. The molecule has 214 valence electrons. The molecule has 3 heterocycles. The first-order valence-electron chi connectivity index (χ1n) is 12.9. The van der Waals surface area contributed by atoms with Crippen LogP contribution in [0.25, 0.3) is 16.8 Å². The van der Waals surface area contributed by atoms with E-state index in [0.29, 0.717) is 33.3 Å². The van der Waals surface area contributed by atoms with Crippen LogP contribution in [0.3, 0.4) is 0 Å². The van der Waals surface area contributed by atoms with Gasteiger partial charge in [0.25, 0.3) is 0 Å². The minimum absolute atomic E-state index is 0.0822. The topological polar surface area (TPSA) is 107 Å². The highest BCUT2D eigenvalue weighted by molar-refractivity contribution is 6.30. The lowest BCUT2D eigenvalue weighted by molar-refractivity contribution is 0.0891. The van der Waals surface area contributed by atoms with E-state index in [4.69, 9.17) is 27.1 Å². The van der Waals surface area contributed by atoms with E-state index in [-0.39, 0.29) is 23.3 Å². The van der Waals surface area contributed by atoms with Crippen molar-refractivity contribution in [2.45, 2.75) is 59.6 Å². The predicted octanol–water partition coefficient (Wildman–Crippen LogP) is 6.51. The van der Waals surface area contributed by atoms with Crippen LogP contribution in [0.5, 0.6) is 0 Å². The second-order valence-corrected chi connectivity index (χ2v) is 12.1. The van der Waals surface area contributed by atoms with Gasteiger partial charge in [0.2, 0.25) is 5.95 Å². The lowest BCUT2D eigenvalue weighted by Gasteiger charge is -2.25. The van der Waals surface area contributed by atoms with Crippen LogP contribution in [-0.2, 0) is 11.2 Å². The highest BCUT2D eigenvalue weighted by Crippen LogP contribution is 2.35. The summed E-state index contributed by atoms with van der Waals surface area (Å²) in [6.07, 6.45) is -1.90. The van der Waals surface area contributed by atoms with Crippen molar-refractivity contribution in [3.05, 3.63) is 76.2 Å². The van der Waals surface area contributed by atoms with Gasteiger partial charge in [-0.2, -0.15) is 0 Å². The van der Waals surface area contributed by atoms with Gasteiger partial charge in [-0.15, -0.1) is 10.2 Å². The number of hydrogen-bond acceptors (Lipinski definition) is 6. The van der Waals surface area contributed by atoms with Gasteiger partial charge in [-0.25, -0.2) is 18.6 Å². The zero-order chi connectivity index (χ0) is 30.1. The highest BCUT2D eigenvalue weighted by atomic mass is 35.5. The Morgan fingerprint density at radius 1 is 1.05 bits per heavy atom. The van der Waals surface area contributed by atoms with E-state index in [2.05, 4.69) is 27.4 Å². The zero-order valence-electron chi connectivity index (χ0n) is 23.6. The number of hydrogen-bond donors (Lipinski definition) is 2. The van der Waals surface area contributed by atoms with Gasteiger partial charge in [-0.1, -0.05) is 17.5 Å². The van der Waals surface area contributed by atoms with Crippen molar-refractivity contribution in [1.82, 2.24) is 24.9 Å². The third-order valence-electron chi connectivity index (χ3n) is 5.69. The van der Waals surface area contributed by atoms with Gasteiger partial charge < -0.3 is 15.8 Å². The fraction of sp³-hybridized carbons (Fsp3) is 0.333. The smallest absolute Gasteiger partial charge is 0.408 e. The number of amides is 1. The van der Waals surface area contributed by atoms with Crippen LogP contribution in [0.15, 0.2) is 42.5 Å². The first-order chi connectivity index (χ1) is 19.1. The van der Waals surface area contributed by atoms with Gasteiger partial charge in [0.05, 0.1) is 5.69 Å². The van der Waals surface area contributed by atoms with E-state index in [1.807, 2.05) is 20.8 Å². The molecule has 0 spiro atoms. The summed E-state index contributed by atoms with van der Waals surface area (Å²) in [5.74, 6) is 4.79. The van der Waals surface area contributed by atoms with Crippen molar-refractivity contribution in [3.63, 3.8) is 0 Å². The number of carbonyl (C=O) groups is 1. The molecule has 0 fully saturated rings. The van der Waals surface area contributed by atoms with Crippen LogP contribution in [0.4, 0.5) is 19.5 Å². The first-order valence-corrected chi connectivity index (χ1v) is 13.2. The monoisotopic (exact) mass is 580 g/mol. The molecule has 3 N–H and O–H groups in total. The average molecular weight is 581 g/mol. The van der Waals surface area contributed by atoms with Gasteiger partial charge in [0, 0.05) is 34.6 Å². The van der Waals surface area contributed by atoms with Crippen LogP contribution >= 0.6 is 11.6 Å². The molecule has 0 aliphatic heterocycles. The molecule has 4 aromatic rings. The van der Waals surface area contributed by atoms with Crippen LogP contribution in [0.1, 0.15) is 64.6 Å². The van der Waals surface area contributed by atoms with Crippen molar-refractivity contribution >= 4 is 29.3 Å². The summed E-state index contributed by atoms with van der Waals surface area (Å²) in [5, 5.41) is 11.2. The number of alkyl carbamates (subject to hydrolysis) is 1. The standard InChI is InChI=1S/C30H31ClF2N6O2/c1-29(2,3)12-11-20-7-8-21(22-9-10-24(31)39-26(22)37-38-27(39)34)25(35-20)23(41-28(40)36-30(4,5)6)15-17-13-18(32)16-19(33)14-17/h7-10,13-14,16,23H,15H2,1-6H3,(H2,34,38)(H,36,40)/t23-/m0/s1. The first kappa shape index (κ1) is 29.7. The van der Waals surface area contributed by atoms with Crippen LogP contribution in [0.2, 0.25) is 5.15 Å². The number of halogens is 3. The summed E-state index contributed by atoms with van der Waals surface area (Å²) in [6.45, 7) is 11.3. The summed E-state index contributed by atoms with van der Waals surface area (Å²) < 4.78 is 35.7. The lowest BCUT2D eigenvalue weighted by Crippen LogP contribution is -2.41. The molecule has 0 saturated heterocycles. The molecule has 8 nitrogen and oxygen atoms in total. The summed E-state index contributed by atoms with van der Waals surface area (Å²) in [5.41, 5.74) is 7.49. The summed E-state index contributed by atoms with van der Waals surface area (Å²) in [7, 11) is 0. The second kappa shape index (κ2) is 11.3. The predicted molar refractivity (Wildman–Crippen MR) is 154 cm³/mol. The van der Waals surface area contributed by atoms with Crippen molar-refractivity contribution in [3.8, 4) is 23.0 Å². The molecule has 4 rings (SSSR count). The maximum absolute atomic E-state index is 14.2. The number of nitrogens with two attached hydrogens (primary N) is 1. The maximum Gasteiger partial charge on any atom is 0.408 e. The number of fused-ring (bicyclic) bond motifs is 1. The quantitative estimate of drug-likeness (QED) is 0.206. The molecule has 0 radical (unpaired) electrons. The number of benzene rings is 1. The number of carbonyl (C=O) groups excluding carboxylic acids is 1. The minimum atomic E-state index is -1.08. The number of aromatic nitrogens is 4. The molecule has 0 bridgehead atoms. The Bertz CT molecular complexity index is 1660. The summed E-state index contributed by atoms with van der Waals surface area (Å²) >= 11 is 6.36. The molecule has 0 aliphatic carbocycles. The average Bonchev–Trinajstić information content (AvgIpc) is 3.23. The number of nitrogens with one attached hydrogen (secondary N) is 1. The fourth-order valence-corrected chi connectivity index (χ4v) is 4.29. The van der Waals surface area contributed by atoms with E-state index < -0.39 is 29.4 Å². The van der Waals surface area contributed by atoms with Crippen molar-refractivity contribution < 1.29 is 18.3 Å².